The maximum absolute atomic E-state index is 12.5. The van der Waals surface area contributed by atoms with E-state index < -0.39 is 0 Å². The first-order valence-electron chi connectivity index (χ1n) is 9.61. The first-order chi connectivity index (χ1) is 15.1. The third-order valence-electron chi connectivity index (χ3n) is 4.93. The second-order valence-electron chi connectivity index (χ2n) is 6.86. The number of nitrogens with one attached hydrogen (secondary N) is 3. The molecule has 0 aliphatic carbocycles. The molecule has 3 aromatic carbocycles. The van der Waals surface area contributed by atoms with Gasteiger partial charge in [0, 0.05) is 11.1 Å². The number of hydrogen-bond donors (Lipinski definition) is 3. The van der Waals surface area contributed by atoms with Crippen molar-refractivity contribution < 1.29 is 14.3 Å². The van der Waals surface area contributed by atoms with E-state index in [9.17, 15) is 4.79 Å². The minimum absolute atomic E-state index is 0.329. The van der Waals surface area contributed by atoms with Crippen molar-refractivity contribution in [3.63, 3.8) is 0 Å². The molecular formula is C24H22N4O3. The van der Waals surface area contributed by atoms with Crippen LogP contribution in [0.5, 0.6) is 11.5 Å². The quantitative estimate of drug-likeness (QED) is 0.395. The first kappa shape index (κ1) is 20.0. The van der Waals surface area contributed by atoms with Gasteiger partial charge in [0.25, 0.3) is 5.91 Å². The van der Waals surface area contributed by atoms with Crippen LogP contribution in [0.3, 0.4) is 0 Å². The molecule has 4 rings (SSSR count). The number of hydrazine groups is 1. The van der Waals surface area contributed by atoms with Crippen LogP contribution < -0.4 is 20.3 Å². The first-order valence-corrected chi connectivity index (χ1v) is 9.61. The summed E-state index contributed by atoms with van der Waals surface area (Å²) in [6.45, 7) is 3.96. The summed E-state index contributed by atoms with van der Waals surface area (Å²) >= 11 is 0. The highest BCUT2D eigenvalue weighted by Crippen LogP contribution is 2.29. The average molecular weight is 414 g/mol. The molecular weight excluding hydrogens is 392 g/mol. The molecule has 0 radical (unpaired) electrons. The number of ether oxygens (including phenoxy) is 2. The van der Waals surface area contributed by atoms with Gasteiger partial charge in [-0.3, -0.25) is 20.7 Å². The Kier molecular flexibility index (Phi) is 5.57. The van der Waals surface area contributed by atoms with Crippen LogP contribution in [0.1, 0.15) is 16.1 Å². The number of aromatic amines is 1. The van der Waals surface area contributed by atoms with Gasteiger partial charge in [-0.15, -0.1) is 0 Å². The SMILES string of the molecule is C=C(NNC(=O)c1cc(-c2ccc3ccccc3c2)n[nH]1)c1ccc(OC)c(OC)c1. The molecule has 0 saturated carbocycles. The van der Waals surface area contributed by atoms with Crippen molar-refractivity contribution in [3.05, 3.63) is 84.6 Å². The van der Waals surface area contributed by atoms with E-state index in [1.54, 1.807) is 32.4 Å². The van der Waals surface area contributed by atoms with Gasteiger partial charge in [0.1, 0.15) is 5.69 Å². The van der Waals surface area contributed by atoms with E-state index >= 15 is 0 Å². The summed E-state index contributed by atoms with van der Waals surface area (Å²) in [5, 5.41) is 9.32. The summed E-state index contributed by atoms with van der Waals surface area (Å²) < 4.78 is 10.5. The molecule has 0 spiro atoms. The summed E-state index contributed by atoms with van der Waals surface area (Å²) in [4.78, 5) is 12.5. The largest absolute Gasteiger partial charge is 0.493 e. The Hall–Kier alpha value is -4.26. The predicted molar refractivity (Wildman–Crippen MR) is 121 cm³/mol. The van der Waals surface area contributed by atoms with Crippen LogP contribution in [0, 0.1) is 0 Å². The average Bonchev–Trinajstić information content (AvgIpc) is 3.32. The van der Waals surface area contributed by atoms with E-state index in [0.717, 1.165) is 21.9 Å². The molecule has 0 unspecified atom stereocenters. The Morgan fingerprint density at radius 3 is 2.45 bits per heavy atom. The number of benzene rings is 3. The molecule has 0 aliphatic rings. The molecule has 0 aliphatic heterocycles. The van der Waals surface area contributed by atoms with Crippen molar-refractivity contribution in [2.75, 3.05) is 14.2 Å². The summed E-state index contributed by atoms with van der Waals surface area (Å²) in [6, 6.07) is 21.2. The molecule has 7 heteroatoms. The Morgan fingerprint density at radius 1 is 0.903 bits per heavy atom. The lowest BCUT2D eigenvalue weighted by molar-refractivity contribution is 0.0937. The maximum atomic E-state index is 12.5. The number of aromatic nitrogens is 2. The molecule has 0 atom stereocenters. The Labute approximate surface area is 179 Å². The fourth-order valence-electron chi connectivity index (χ4n) is 3.23. The molecule has 156 valence electrons. The van der Waals surface area contributed by atoms with Gasteiger partial charge in [-0.2, -0.15) is 5.10 Å². The maximum Gasteiger partial charge on any atom is 0.287 e. The Balaban J connectivity index is 1.43. The van der Waals surface area contributed by atoms with Gasteiger partial charge in [-0.1, -0.05) is 43.0 Å². The van der Waals surface area contributed by atoms with E-state index in [1.807, 2.05) is 42.5 Å². The molecule has 3 N–H and O–H groups in total. The lowest BCUT2D eigenvalue weighted by atomic mass is 10.1. The number of nitrogens with zero attached hydrogens (tertiary/aromatic N) is 1. The zero-order valence-corrected chi connectivity index (χ0v) is 17.2. The van der Waals surface area contributed by atoms with Crippen LogP contribution in [0.4, 0.5) is 0 Å². The summed E-state index contributed by atoms with van der Waals surface area (Å²) in [5.41, 5.74) is 8.65. The lowest BCUT2D eigenvalue weighted by Gasteiger charge is -2.13. The molecule has 0 saturated heterocycles. The van der Waals surface area contributed by atoms with E-state index in [1.165, 1.54) is 0 Å². The van der Waals surface area contributed by atoms with Crippen molar-refractivity contribution in [1.29, 1.82) is 0 Å². The predicted octanol–water partition coefficient (Wildman–Crippen LogP) is 4.15. The van der Waals surface area contributed by atoms with Gasteiger partial charge in [0.05, 0.1) is 25.6 Å². The summed E-state index contributed by atoms with van der Waals surface area (Å²) in [7, 11) is 3.13. The minimum atomic E-state index is -0.360. The van der Waals surface area contributed by atoms with Crippen molar-refractivity contribution in [3.8, 4) is 22.8 Å². The fourth-order valence-corrected chi connectivity index (χ4v) is 3.23. The lowest BCUT2D eigenvalue weighted by Crippen LogP contribution is -2.36. The van der Waals surface area contributed by atoms with Gasteiger partial charge in [-0.05, 0) is 41.1 Å². The van der Waals surface area contributed by atoms with Gasteiger partial charge >= 0.3 is 0 Å². The molecule has 0 bridgehead atoms. The van der Waals surface area contributed by atoms with Gasteiger partial charge in [0.2, 0.25) is 0 Å². The minimum Gasteiger partial charge on any atom is -0.493 e. The van der Waals surface area contributed by atoms with E-state index in [-0.39, 0.29) is 5.91 Å². The van der Waals surface area contributed by atoms with Crippen molar-refractivity contribution in [2.24, 2.45) is 0 Å². The number of fused-ring (bicyclic) bond motifs is 1. The zero-order valence-electron chi connectivity index (χ0n) is 17.2. The summed E-state index contributed by atoms with van der Waals surface area (Å²) in [6.07, 6.45) is 0. The van der Waals surface area contributed by atoms with E-state index in [4.69, 9.17) is 9.47 Å². The monoisotopic (exact) mass is 414 g/mol. The number of carbonyl (C=O) groups excluding carboxylic acids is 1. The molecule has 1 amide bonds. The Bertz CT molecular complexity index is 1260. The van der Waals surface area contributed by atoms with Crippen molar-refractivity contribution in [2.45, 2.75) is 0 Å². The van der Waals surface area contributed by atoms with Crippen LogP contribution in [-0.2, 0) is 0 Å². The zero-order chi connectivity index (χ0) is 21.8. The number of rotatable bonds is 7. The molecule has 4 aromatic rings. The molecule has 0 fully saturated rings. The summed E-state index contributed by atoms with van der Waals surface area (Å²) in [5.74, 6) is 0.825. The van der Waals surface area contributed by atoms with Gasteiger partial charge in [0.15, 0.2) is 11.5 Å². The van der Waals surface area contributed by atoms with E-state index in [0.29, 0.717) is 28.6 Å². The smallest absolute Gasteiger partial charge is 0.287 e. The third-order valence-corrected chi connectivity index (χ3v) is 4.93. The number of H-pyrrole nitrogens is 1. The second kappa shape index (κ2) is 8.62. The van der Waals surface area contributed by atoms with Crippen LogP contribution >= 0.6 is 0 Å². The standard InChI is InChI=1S/C24H22N4O3/c1-15(17-10-11-22(30-2)23(13-17)31-3)25-28-24(29)21-14-20(26-27-21)19-9-8-16-6-4-5-7-18(16)12-19/h4-14,25H,1H2,2-3H3,(H,26,27)(H,28,29). The van der Waals surface area contributed by atoms with Crippen LogP contribution in [0.15, 0.2) is 73.3 Å². The number of hydrogen-bond acceptors (Lipinski definition) is 5. The molecule has 7 nitrogen and oxygen atoms in total. The Morgan fingerprint density at radius 2 is 1.68 bits per heavy atom. The number of methoxy groups -OCH3 is 2. The normalized spacial score (nSPS) is 10.5. The van der Waals surface area contributed by atoms with Gasteiger partial charge < -0.3 is 9.47 Å². The van der Waals surface area contributed by atoms with E-state index in [2.05, 4.69) is 33.7 Å². The van der Waals surface area contributed by atoms with Crippen LogP contribution in [0.25, 0.3) is 27.7 Å². The second-order valence-corrected chi connectivity index (χ2v) is 6.86. The highest BCUT2D eigenvalue weighted by Gasteiger charge is 2.12. The molecule has 31 heavy (non-hydrogen) atoms. The van der Waals surface area contributed by atoms with Crippen LogP contribution in [-0.4, -0.2) is 30.3 Å². The highest BCUT2D eigenvalue weighted by atomic mass is 16.5. The third kappa shape index (κ3) is 4.20. The van der Waals surface area contributed by atoms with Crippen molar-refractivity contribution in [1.82, 2.24) is 21.0 Å². The molecule has 1 aromatic heterocycles. The topological polar surface area (TPSA) is 88.3 Å². The number of carbonyl (C=O) groups is 1. The van der Waals surface area contributed by atoms with Gasteiger partial charge in [-0.25, -0.2) is 0 Å². The van der Waals surface area contributed by atoms with Crippen LogP contribution in [0.2, 0.25) is 0 Å². The fraction of sp³-hybridized carbons (Fsp3) is 0.0833. The van der Waals surface area contributed by atoms with Crippen molar-refractivity contribution >= 4 is 22.4 Å². The molecule has 1 heterocycles. The number of amides is 1. The highest BCUT2D eigenvalue weighted by molar-refractivity contribution is 5.94.